The van der Waals surface area contributed by atoms with Crippen LogP contribution in [0.4, 0.5) is 0 Å². The van der Waals surface area contributed by atoms with Gasteiger partial charge in [0.1, 0.15) is 12.2 Å². The van der Waals surface area contributed by atoms with Gasteiger partial charge in [0, 0.05) is 6.54 Å². The lowest BCUT2D eigenvalue weighted by molar-refractivity contribution is -0.176. The molecule has 1 aliphatic heterocycles. The minimum Gasteiger partial charge on any atom is -0.480 e. The van der Waals surface area contributed by atoms with Crippen LogP contribution in [-0.4, -0.2) is 53.7 Å². The van der Waals surface area contributed by atoms with E-state index < -0.39 is 11.6 Å². The fourth-order valence-electron chi connectivity index (χ4n) is 2.22. The number of hydrogen-bond donors (Lipinski definition) is 2. The molecule has 2 aliphatic rings. The van der Waals surface area contributed by atoms with Gasteiger partial charge in [0.15, 0.2) is 0 Å². The number of nitrogens with zero attached hydrogens (tertiary/aromatic N) is 1. The molecular formula is C11H18N2O4. The number of aliphatic carboxylic acids is 1. The number of carbonyl (C=O) groups is 2. The molecule has 1 amide bonds. The third kappa shape index (κ3) is 2.28. The monoisotopic (exact) mass is 242 g/mol. The zero-order chi connectivity index (χ0) is 12.7. The first-order valence-electron chi connectivity index (χ1n) is 5.76. The van der Waals surface area contributed by atoms with Crippen LogP contribution in [0.2, 0.25) is 0 Å². The molecular weight excluding hydrogens is 224 g/mol. The molecule has 96 valence electrons. The van der Waals surface area contributed by atoms with E-state index in [2.05, 4.69) is 0 Å². The van der Waals surface area contributed by atoms with E-state index in [9.17, 15) is 9.59 Å². The van der Waals surface area contributed by atoms with Crippen LogP contribution in [0.5, 0.6) is 0 Å². The maximum absolute atomic E-state index is 12.0. The third-order valence-electron chi connectivity index (χ3n) is 3.58. The molecule has 0 bridgehead atoms. The maximum atomic E-state index is 12.0. The molecule has 0 aromatic carbocycles. The molecule has 0 unspecified atom stereocenters. The van der Waals surface area contributed by atoms with Crippen LogP contribution in [0.3, 0.4) is 0 Å². The molecule has 6 nitrogen and oxygen atoms in total. The van der Waals surface area contributed by atoms with Gasteiger partial charge < -0.3 is 20.5 Å². The van der Waals surface area contributed by atoms with Crippen molar-refractivity contribution in [2.75, 3.05) is 26.2 Å². The summed E-state index contributed by atoms with van der Waals surface area (Å²) in [5.74, 6) is -0.895. The van der Waals surface area contributed by atoms with Gasteiger partial charge in [-0.2, -0.15) is 0 Å². The molecule has 2 fully saturated rings. The first-order valence-corrected chi connectivity index (χ1v) is 5.76. The van der Waals surface area contributed by atoms with Crippen LogP contribution in [-0.2, 0) is 14.3 Å². The highest BCUT2D eigenvalue weighted by atomic mass is 16.5. The number of carboxylic acids is 1. The van der Waals surface area contributed by atoms with Crippen LogP contribution < -0.4 is 5.73 Å². The average molecular weight is 242 g/mol. The molecule has 17 heavy (non-hydrogen) atoms. The number of carboxylic acid groups (broad SMARTS) is 1. The topological polar surface area (TPSA) is 92.9 Å². The van der Waals surface area contributed by atoms with Gasteiger partial charge >= 0.3 is 5.97 Å². The number of likely N-dealkylation sites (tertiary alicyclic amines) is 1. The molecule has 1 saturated carbocycles. The van der Waals surface area contributed by atoms with Gasteiger partial charge in [0.25, 0.3) is 0 Å². The van der Waals surface area contributed by atoms with Gasteiger partial charge in [-0.1, -0.05) is 0 Å². The van der Waals surface area contributed by atoms with Crippen molar-refractivity contribution in [2.45, 2.75) is 25.4 Å². The summed E-state index contributed by atoms with van der Waals surface area (Å²) in [5.41, 5.74) is 4.76. The maximum Gasteiger partial charge on any atom is 0.329 e. The van der Waals surface area contributed by atoms with E-state index in [1.54, 1.807) is 4.90 Å². The van der Waals surface area contributed by atoms with Crippen molar-refractivity contribution in [3.05, 3.63) is 0 Å². The Morgan fingerprint density at radius 2 is 2.00 bits per heavy atom. The number of amides is 1. The average Bonchev–Trinajstić information content (AvgIpc) is 3.02. The largest absolute Gasteiger partial charge is 0.480 e. The summed E-state index contributed by atoms with van der Waals surface area (Å²) < 4.78 is 5.25. The summed E-state index contributed by atoms with van der Waals surface area (Å²) >= 11 is 0. The van der Waals surface area contributed by atoms with Gasteiger partial charge in [0.2, 0.25) is 5.91 Å². The second-order valence-corrected chi connectivity index (χ2v) is 5.28. The number of carbonyl (C=O) groups excluding carboxylic acids is 1. The van der Waals surface area contributed by atoms with Crippen LogP contribution in [0.15, 0.2) is 0 Å². The Balaban J connectivity index is 1.82. The minimum absolute atomic E-state index is 0.0939. The van der Waals surface area contributed by atoms with Crippen LogP contribution in [0.25, 0.3) is 0 Å². The lowest BCUT2D eigenvalue weighted by Gasteiger charge is -2.48. The van der Waals surface area contributed by atoms with Crippen molar-refractivity contribution in [1.82, 2.24) is 4.90 Å². The molecule has 1 heterocycles. The van der Waals surface area contributed by atoms with Gasteiger partial charge in [-0.05, 0) is 19.8 Å². The third-order valence-corrected chi connectivity index (χ3v) is 3.58. The van der Waals surface area contributed by atoms with E-state index >= 15 is 0 Å². The second kappa shape index (κ2) is 3.96. The van der Waals surface area contributed by atoms with Gasteiger partial charge in [-0.25, -0.2) is 4.79 Å². The molecule has 0 atom stereocenters. The molecule has 1 aliphatic carbocycles. The molecule has 0 aromatic heterocycles. The second-order valence-electron chi connectivity index (χ2n) is 5.28. The summed E-state index contributed by atoms with van der Waals surface area (Å²) in [6.45, 7) is 2.82. The molecule has 0 spiro atoms. The number of ether oxygens (including phenoxy) is 1. The van der Waals surface area contributed by atoms with Gasteiger partial charge in [0.05, 0.1) is 18.5 Å². The standard InChI is InChI=1S/C11H18N2O4/c1-10(17-4-8(14)15)6-13(7-10)9(16)11(5-12)2-3-11/h2-7,12H2,1H3,(H,14,15). The first-order chi connectivity index (χ1) is 7.91. The fourth-order valence-corrected chi connectivity index (χ4v) is 2.22. The van der Waals surface area contributed by atoms with Crippen LogP contribution >= 0.6 is 0 Å². The van der Waals surface area contributed by atoms with Crippen molar-refractivity contribution in [1.29, 1.82) is 0 Å². The van der Waals surface area contributed by atoms with Gasteiger partial charge in [-0.3, -0.25) is 4.79 Å². The summed E-state index contributed by atoms with van der Waals surface area (Å²) in [5, 5.41) is 8.53. The van der Waals surface area contributed by atoms with E-state index in [4.69, 9.17) is 15.6 Å². The number of nitrogens with two attached hydrogens (primary N) is 1. The van der Waals surface area contributed by atoms with Crippen molar-refractivity contribution < 1.29 is 19.4 Å². The summed E-state index contributed by atoms with van der Waals surface area (Å²) in [7, 11) is 0. The highest BCUT2D eigenvalue weighted by Gasteiger charge is 2.54. The smallest absolute Gasteiger partial charge is 0.329 e. The zero-order valence-electron chi connectivity index (χ0n) is 9.94. The predicted octanol–water partition coefficient (Wildman–Crippen LogP) is -0.573. The lowest BCUT2D eigenvalue weighted by atomic mass is 9.93. The molecule has 6 heteroatoms. The Morgan fingerprint density at radius 1 is 1.41 bits per heavy atom. The molecule has 0 radical (unpaired) electrons. The predicted molar refractivity (Wildman–Crippen MR) is 59.3 cm³/mol. The Morgan fingerprint density at radius 3 is 2.41 bits per heavy atom. The van der Waals surface area contributed by atoms with Gasteiger partial charge in [-0.15, -0.1) is 0 Å². The van der Waals surface area contributed by atoms with Crippen molar-refractivity contribution in [2.24, 2.45) is 11.1 Å². The van der Waals surface area contributed by atoms with E-state index in [1.807, 2.05) is 6.92 Å². The minimum atomic E-state index is -0.989. The van der Waals surface area contributed by atoms with E-state index in [1.165, 1.54) is 0 Å². The molecule has 3 N–H and O–H groups in total. The highest BCUT2D eigenvalue weighted by Crippen LogP contribution is 2.47. The zero-order valence-corrected chi connectivity index (χ0v) is 9.94. The van der Waals surface area contributed by atoms with Crippen molar-refractivity contribution in [3.8, 4) is 0 Å². The Hall–Kier alpha value is -1.14. The van der Waals surface area contributed by atoms with Crippen molar-refractivity contribution in [3.63, 3.8) is 0 Å². The quantitative estimate of drug-likeness (QED) is 0.673. The Kier molecular flexibility index (Phi) is 2.87. The number of hydrogen-bond acceptors (Lipinski definition) is 4. The van der Waals surface area contributed by atoms with E-state index in [0.29, 0.717) is 19.6 Å². The summed E-state index contributed by atoms with van der Waals surface area (Å²) in [4.78, 5) is 24.1. The number of rotatable bonds is 5. The fraction of sp³-hybridized carbons (Fsp3) is 0.818. The Bertz CT molecular complexity index is 345. The van der Waals surface area contributed by atoms with Crippen LogP contribution in [0.1, 0.15) is 19.8 Å². The summed E-state index contributed by atoms with van der Waals surface area (Å²) in [6.07, 6.45) is 1.73. The molecule has 0 aromatic rings. The molecule has 1 saturated heterocycles. The molecule has 2 rings (SSSR count). The van der Waals surface area contributed by atoms with E-state index in [-0.39, 0.29) is 17.9 Å². The highest BCUT2D eigenvalue weighted by molar-refractivity contribution is 5.86. The van der Waals surface area contributed by atoms with E-state index in [0.717, 1.165) is 12.8 Å². The SMILES string of the molecule is CC1(OCC(=O)O)CN(C(=O)C2(CN)CC2)C1. The first kappa shape index (κ1) is 12.3. The normalized spacial score (nSPS) is 24.0. The Labute approximate surface area is 99.7 Å². The van der Waals surface area contributed by atoms with Crippen LogP contribution in [0, 0.1) is 5.41 Å². The lowest BCUT2D eigenvalue weighted by Crippen LogP contribution is -2.65. The van der Waals surface area contributed by atoms with Crippen molar-refractivity contribution >= 4 is 11.9 Å². The summed E-state index contributed by atoms with van der Waals surface area (Å²) in [6, 6.07) is 0.